The number of aromatic amines is 3. The summed E-state index contributed by atoms with van der Waals surface area (Å²) in [6, 6.07) is 9.14. The first-order valence-corrected chi connectivity index (χ1v) is 29.1. The maximum atomic E-state index is 15.0. The number of hydrogen-bond acceptors (Lipinski definition) is 14. The molecule has 0 unspecified atom stereocenters. The molecule has 4 heterocycles. The number of imidazole rings is 1. The van der Waals surface area contributed by atoms with Crippen LogP contribution in [0, 0.1) is 5.92 Å². The average Bonchev–Trinajstić information content (AvgIpc) is 3.79. The number of benzene rings is 3. The van der Waals surface area contributed by atoms with Crippen LogP contribution in [-0.4, -0.2) is 175 Å². The molecule has 10 amide bonds. The molecule has 1 aliphatic heterocycles. The van der Waals surface area contributed by atoms with Gasteiger partial charge in [-0.25, -0.2) is 4.98 Å². The van der Waals surface area contributed by atoms with Crippen molar-refractivity contribution in [1.29, 1.82) is 0 Å². The number of fused-ring (bicyclic) bond motifs is 2. The quantitative estimate of drug-likeness (QED) is 0.00923. The molecule has 89 heavy (non-hydrogen) atoms. The summed E-state index contributed by atoms with van der Waals surface area (Å²) >= 11 is 0. The molecule has 474 valence electrons. The van der Waals surface area contributed by atoms with E-state index in [2.05, 4.69) is 67.5 Å². The van der Waals surface area contributed by atoms with E-state index in [4.69, 9.17) is 17.2 Å². The standard InChI is InChI=1S/C60H77N17O12/c1-33(2)21-45(53(83)71-43(13-7-19-65-60(62)63)59(89)77-20-8-14-50(77)58(88)68-29-51(61)81)72-55(85)47(23-35-26-66-41-11-5-3-9-39(35)41)75-54(84)46(22-34-15-17-38(80)18-16-34)73-57(87)49(30-78)76-56(86)48(24-36-27-67-42-12-6-4-10-40(36)42)74-52(82)44(70-32-79)25-37-28-64-31-69-37/h3-6,9-12,15-18,26-28,31-33,43-50,66-67,78,80H,7-8,13-14,19-25,29-30H2,1-2H3,(H2,61,81)(H,64,69)(H,68,88)(H,70,79)(H,71,83)(H,72,85)(H,73,87)(H,74,82)(H,75,84)(H,76,86)(H4,62,63,65)/t43-,44-,45-,46-,47+,48-,49-,50-/m0/s1. The zero-order chi connectivity index (χ0) is 64.1. The minimum absolute atomic E-state index is 0.0000894. The second-order valence-electron chi connectivity index (χ2n) is 22.1. The molecule has 3 aromatic heterocycles. The molecule has 3 aromatic carbocycles. The van der Waals surface area contributed by atoms with Gasteiger partial charge in [-0.3, -0.25) is 52.9 Å². The fourth-order valence-electron chi connectivity index (χ4n) is 10.5. The number of carbonyl (C=O) groups is 10. The number of phenolic OH excluding ortho intramolecular Hbond substituents is 1. The third kappa shape index (κ3) is 18.8. The molecule has 1 aliphatic rings. The number of aliphatic imine (C=N–C) groups is 1. The molecule has 29 heteroatoms. The Kier molecular flexibility index (Phi) is 23.7. The molecule has 0 saturated carbocycles. The number of primary amides is 1. The van der Waals surface area contributed by atoms with E-state index in [9.17, 15) is 53.4 Å². The lowest BCUT2D eigenvalue weighted by Crippen LogP contribution is -2.61. The lowest BCUT2D eigenvalue weighted by atomic mass is 9.99. The van der Waals surface area contributed by atoms with Gasteiger partial charge in [-0.05, 0) is 79.0 Å². The lowest BCUT2D eigenvalue weighted by Gasteiger charge is -2.30. The zero-order valence-electron chi connectivity index (χ0n) is 49.3. The van der Waals surface area contributed by atoms with Gasteiger partial charge < -0.3 is 89.8 Å². The predicted molar refractivity (Wildman–Crippen MR) is 326 cm³/mol. The molecule has 0 radical (unpaired) electrons. The number of amides is 10. The second-order valence-corrected chi connectivity index (χ2v) is 22.1. The number of nitrogens with two attached hydrogens (primary N) is 3. The maximum absolute atomic E-state index is 15.0. The normalized spacial score (nSPS) is 15.3. The van der Waals surface area contributed by atoms with E-state index in [0.717, 1.165) is 10.9 Å². The topological polar surface area (TPSA) is 461 Å². The van der Waals surface area contributed by atoms with Crippen molar-refractivity contribution < 1.29 is 58.2 Å². The number of aromatic hydroxyl groups is 1. The van der Waals surface area contributed by atoms with Gasteiger partial charge in [-0.2, -0.15) is 0 Å². The van der Waals surface area contributed by atoms with Crippen molar-refractivity contribution in [2.45, 2.75) is 120 Å². The van der Waals surface area contributed by atoms with Gasteiger partial charge in [-0.15, -0.1) is 0 Å². The summed E-state index contributed by atoms with van der Waals surface area (Å²) in [6.07, 6.45) is 6.83. The van der Waals surface area contributed by atoms with Crippen molar-refractivity contribution in [3.63, 3.8) is 0 Å². The van der Waals surface area contributed by atoms with Crippen LogP contribution in [0.25, 0.3) is 21.8 Å². The molecule has 0 bridgehead atoms. The van der Waals surface area contributed by atoms with E-state index < -0.39 is 115 Å². The highest BCUT2D eigenvalue weighted by Crippen LogP contribution is 2.23. The molecule has 7 rings (SSSR count). The molecular weight excluding hydrogens is 1150 g/mol. The van der Waals surface area contributed by atoms with Gasteiger partial charge in [-0.1, -0.05) is 62.4 Å². The monoisotopic (exact) mass is 1230 g/mol. The van der Waals surface area contributed by atoms with Crippen molar-refractivity contribution in [2.24, 2.45) is 28.1 Å². The Balaban J connectivity index is 1.15. The molecule has 1 saturated heterocycles. The maximum Gasteiger partial charge on any atom is 0.245 e. The highest BCUT2D eigenvalue weighted by atomic mass is 16.3. The van der Waals surface area contributed by atoms with Crippen LogP contribution in [0.3, 0.4) is 0 Å². The molecule has 0 aliphatic carbocycles. The summed E-state index contributed by atoms with van der Waals surface area (Å²) in [5.74, 6) is -7.85. The number of rotatable bonds is 33. The Morgan fingerprint density at radius 3 is 1.74 bits per heavy atom. The molecule has 0 spiro atoms. The SMILES string of the molecule is CC(C)C[C@H](NC(=O)[C@@H](Cc1c[nH]c2ccccc12)NC(=O)[C@H](Cc1ccc(O)cc1)NC(=O)[C@H](CO)NC(=O)[C@H](Cc1c[nH]c2ccccc12)NC(=O)[C@H](Cc1cnc[nH]1)NC=O)C(=O)N[C@@H](CCCN=C(N)N)C(=O)N1CCC[C@H]1C(=O)NCC(N)=O. The highest BCUT2D eigenvalue weighted by Gasteiger charge is 2.40. The van der Waals surface area contributed by atoms with Gasteiger partial charge in [0.1, 0.15) is 54.1 Å². The number of hydrogen-bond donors (Lipinski definition) is 16. The highest BCUT2D eigenvalue weighted by molar-refractivity contribution is 5.99. The largest absolute Gasteiger partial charge is 0.508 e. The van der Waals surface area contributed by atoms with Crippen LogP contribution in [0.15, 0.2) is 103 Å². The van der Waals surface area contributed by atoms with Gasteiger partial charge in [0.15, 0.2) is 5.96 Å². The first-order chi connectivity index (χ1) is 42.7. The summed E-state index contributed by atoms with van der Waals surface area (Å²) in [5, 5.41) is 43.5. The second kappa shape index (κ2) is 31.9. The Morgan fingerprint density at radius 1 is 0.674 bits per heavy atom. The third-order valence-corrected chi connectivity index (χ3v) is 15.0. The van der Waals surface area contributed by atoms with Crippen molar-refractivity contribution >= 4 is 87.3 Å². The van der Waals surface area contributed by atoms with Crippen LogP contribution in [0.4, 0.5) is 0 Å². The van der Waals surface area contributed by atoms with Gasteiger partial charge >= 0.3 is 0 Å². The van der Waals surface area contributed by atoms with Crippen molar-refractivity contribution in [3.05, 3.63) is 120 Å². The van der Waals surface area contributed by atoms with Gasteiger partial charge in [0.05, 0.1) is 19.5 Å². The van der Waals surface area contributed by atoms with Crippen molar-refractivity contribution in [3.8, 4) is 5.75 Å². The molecular formula is C60H77N17O12. The number of nitrogens with one attached hydrogen (secondary N) is 11. The van der Waals surface area contributed by atoms with Crippen LogP contribution in [-0.2, 0) is 73.6 Å². The van der Waals surface area contributed by atoms with E-state index in [-0.39, 0.29) is 82.1 Å². The van der Waals surface area contributed by atoms with Gasteiger partial charge in [0, 0.05) is 84.9 Å². The predicted octanol–water partition coefficient (Wildman–Crippen LogP) is -1.94. The number of H-pyrrole nitrogens is 3. The van der Waals surface area contributed by atoms with E-state index in [1.54, 1.807) is 56.6 Å². The Labute approximate surface area is 511 Å². The number of aromatic nitrogens is 4. The fraction of sp³-hybridized carbons (Fsp3) is 0.400. The first kappa shape index (κ1) is 66.2. The van der Waals surface area contributed by atoms with Crippen molar-refractivity contribution in [2.75, 3.05) is 26.2 Å². The number of phenols is 1. The third-order valence-electron chi connectivity index (χ3n) is 15.0. The van der Waals surface area contributed by atoms with E-state index in [0.29, 0.717) is 46.1 Å². The molecule has 8 atom stereocenters. The van der Waals surface area contributed by atoms with Crippen molar-refractivity contribution in [1.82, 2.24) is 67.4 Å². The summed E-state index contributed by atoms with van der Waals surface area (Å²) in [5.41, 5.74) is 19.9. The van der Waals surface area contributed by atoms with Crippen LogP contribution >= 0.6 is 0 Å². The summed E-state index contributed by atoms with van der Waals surface area (Å²) in [7, 11) is 0. The van der Waals surface area contributed by atoms with Crippen LogP contribution in [0.2, 0.25) is 0 Å². The van der Waals surface area contributed by atoms with Crippen LogP contribution in [0.1, 0.15) is 68.3 Å². The van der Waals surface area contributed by atoms with E-state index in [1.807, 2.05) is 18.2 Å². The van der Waals surface area contributed by atoms with E-state index in [1.165, 1.54) is 41.7 Å². The van der Waals surface area contributed by atoms with E-state index >= 15 is 4.79 Å². The van der Waals surface area contributed by atoms with Gasteiger partial charge in [0.25, 0.3) is 0 Å². The Bertz CT molecular complexity index is 3470. The minimum Gasteiger partial charge on any atom is -0.508 e. The molecule has 1 fully saturated rings. The Morgan fingerprint density at radius 2 is 1.20 bits per heavy atom. The molecule has 29 nitrogen and oxygen atoms in total. The fourth-order valence-corrected chi connectivity index (χ4v) is 10.5. The number of nitrogens with zero attached hydrogens (tertiary/aromatic N) is 3. The average molecular weight is 1230 g/mol. The lowest BCUT2D eigenvalue weighted by molar-refractivity contribution is -0.142. The number of aliphatic hydroxyl groups is 1. The number of guanidine groups is 1. The zero-order valence-corrected chi connectivity index (χ0v) is 49.3. The smallest absolute Gasteiger partial charge is 0.245 e. The van der Waals surface area contributed by atoms with Gasteiger partial charge in [0.2, 0.25) is 59.6 Å². The number of likely N-dealkylation sites (tertiary alicyclic amines) is 1. The molecule has 19 N–H and O–H groups in total. The molecule has 6 aromatic rings. The number of carbonyl (C=O) groups excluding carboxylic acids is 10. The summed E-state index contributed by atoms with van der Waals surface area (Å²) < 4.78 is 0. The summed E-state index contributed by atoms with van der Waals surface area (Å²) in [4.78, 5) is 157. The van der Waals surface area contributed by atoms with Crippen LogP contribution in [0.5, 0.6) is 5.75 Å². The number of para-hydroxylation sites is 2. The number of aliphatic hydroxyl groups excluding tert-OH is 1. The minimum atomic E-state index is -1.76. The van der Waals surface area contributed by atoms with Crippen LogP contribution < -0.4 is 59.7 Å². The first-order valence-electron chi connectivity index (χ1n) is 29.1. The Hall–Kier alpha value is -10.3. The summed E-state index contributed by atoms with van der Waals surface area (Å²) in [6.45, 7) is 2.39.